The first kappa shape index (κ1) is 15.7. The Morgan fingerprint density at radius 2 is 2.15 bits per heavy atom. The molecule has 0 aromatic carbocycles. The number of thioether (sulfide) groups is 1. The van der Waals surface area contributed by atoms with Crippen molar-refractivity contribution in [3.63, 3.8) is 0 Å². The van der Waals surface area contributed by atoms with Crippen LogP contribution in [0, 0.1) is 6.92 Å². The maximum atomic E-state index is 5.02. The van der Waals surface area contributed by atoms with Crippen LogP contribution < -0.4 is 5.32 Å². The van der Waals surface area contributed by atoms with Gasteiger partial charge in [-0.25, -0.2) is 9.97 Å². The van der Waals surface area contributed by atoms with Crippen molar-refractivity contribution in [2.45, 2.75) is 50.2 Å². The lowest BCUT2D eigenvalue weighted by Gasteiger charge is -2.10. The number of aryl methyl sites for hydroxylation is 1. The van der Waals surface area contributed by atoms with Gasteiger partial charge in [0.25, 0.3) is 0 Å². The molecule has 5 heteroatoms. The number of methoxy groups -OCH3 is 1. The van der Waals surface area contributed by atoms with Crippen molar-refractivity contribution >= 4 is 11.8 Å². The van der Waals surface area contributed by atoms with Gasteiger partial charge >= 0.3 is 0 Å². The van der Waals surface area contributed by atoms with E-state index in [1.165, 1.54) is 25.7 Å². The standard InChI is InChI=1S/C15H25N3OS/c1-12-9-13(10-16-7-8-19-2)18-15(17-12)11-20-14-5-3-4-6-14/h9,14,16H,3-8,10-11H2,1-2H3. The van der Waals surface area contributed by atoms with E-state index in [0.29, 0.717) is 0 Å². The minimum Gasteiger partial charge on any atom is -0.383 e. The predicted octanol–water partition coefficient (Wildman–Crippen LogP) is 2.70. The highest BCUT2D eigenvalue weighted by Gasteiger charge is 2.16. The molecule has 0 saturated heterocycles. The molecule has 0 amide bonds. The maximum absolute atomic E-state index is 5.02. The van der Waals surface area contributed by atoms with Crippen LogP contribution in [0.5, 0.6) is 0 Å². The smallest absolute Gasteiger partial charge is 0.138 e. The molecule has 1 aliphatic rings. The number of hydrogen-bond donors (Lipinski definition) is 1. The Labute approximate surface area is 126 Å². The summed E-state index contributed by atoms with van der Waals surface area (Å²) in [6.07, 6.45) is 5.51. The number of aromatic nitrogens is 2. The molecule has 1 aliphatic carbocycles. The van der Waals surface area contributed by atoms with E-state index >= 15 is 0 Å². The van der Waals surface area contributed by atoms with Crippen LogP contribution in [0.4, 0.5) is 0 Å². The first-order valence-corrected chi connectivity index (χ1v) is 8.47. The summed E-state index contributed by atoms with van der Waals surface area (Å²) in [4.78, 5) is 9.21. The van der Waals surface area contributed by atoms with Crippen molar-refractivity contribution in [2.24, 2.45) is 0 Å². The molecule has 1 saturated carbocycles. The van der Waals surface area contributed by atoms with Crippen LogP contribution in [0.25, 0.3) is 0 Å². The van der Waals surface area contributed by atoms with Crippen molar-refractivity contribution < 1.29 is 4.74 Å². The second kappa shape index (κ2) is 8.60. The molecular formula is C15H25N3OS. The molecule has 1 heterocycles. The molecule has 1 aromatic heterocycles. The Morgan fingerprint density at radius 1 is 1.35 bits per heavy atom. The van der Waals surface area contributed by atoms with Crippen LogP contribution >= 0.6 is 11.8 Å². The molecule has 20 heavy (non-hydrogen) atoms. The fourth-order valence-corrected chi connectivity index (χ4v) is 3.67. The van der Waals surface area contributed by atoms with E-state index in [1.54, 1.807) is 7.11 Å². The Bertz CT molecular complexity index is 408. The Balaban J connectivity index is 1.83. The van der Waals surface area contributed by atoms with Crippen molar-refractivity contribution in [3.05, 3.63) is 23.3 Å². The largest absolute Gasteiger partial charge is 0.383 e. The fraction of sp³-hybridized carbons (Fsp3) is 0.733. The summed E-state index contributed by atoms with van der Waals surface area (Å²) in [7, 11) is 1.72. The van der Waals surface area contributed by atoms with Gasteiger partial charge in [0.05, 0.1) is 18.1 Å². The van der Waals surface area contributed by atoms with Gasteiger partial charge in [0, 0.05) is 31.1 Å². The number of rotatable bonds is 8. The lowest BCUT2D eigenvalue weighted by atomic mass is 10.3. The van der Waals surface area contributed by atoms with Crippen molar-refractivity contribution in [2.75, 3.05) is 20.3 Å². The van der Waals surface area contributed by atoms with Gasteiger partial charge in [-0.15, -0.1) is 0 Å². The highest BCUT2D eigenvalue weighted by Crippen LogP contribution is 2.30. The Kier molecular flexibility index (Phi) is 6.76. The maximum Gasteiger partial charge on any atom is 0.138 e. The van der Waals surface area contributed by atoms with E-state index in [9.17, 15) is 0 Å². The molecule has 4 nitrogen and oxygen atoms in total. The van der Waals surface area contributed by atoms with Crippen molar-refractivity contribution in [1.82, 2.24) is 15.3 Å². The topological polar surface area (TPSA) is 47.0 Å². The van der Waals surface area contributed by atoms with Gasteiger partial charge in [-0.05, 0) is 25.8 Å². The molecule has 2 rings (SSSR count). The zero-order chi connectivity index (χ0) is 14.2. The minimum atomic E-state index is 0.731. The molecule has 0 bridgehead atoms. The van der Waals surface area contributed by atoms with Crippen LogP contribution in [0.2, 0.25) is 0 Å². The second-order valence-electron chi connectivity index (χ2n) is 5.30. The molecule has 1 aromatic rings. The van der Waals surface area contributed by atoms with E-state index in [1.807, 2.05) is 18.7 Å². The quantitative estimate of drug-likeness (QED) is 0.747. The minimum absolute atomic E-state index is 0.731. The lowest BCUT2D eigenvalue weighted by molar-refractivity contribution is 0.199. The normalized spacial score (nSPS) is 15.9. The third kappa shape index (κ3) is 5.38. The summed E-state index contributed by atoms with van der Waals surface area (Å²) in [6.45, 7) is 4.41. The molecule has 1 N–H and O–H groups in total. The molecule has 0 spiro atoms. The zero-order valence-corrected chi connectivity index (χ0v) is 13.3. The summed E-state index contributed by atoms with van der Waals surface area (Å²) in [5.74, 6) is 1.92. The highest BCUT2D eigenvalue weighted by molar-refractivity contribution is 7.99. The van der Waals surface area contributed by atoms with Gasteiger partial charge in [0.15, 0.2) is 0 Å². The third-order valence-corrected chi connectivity index (χ3v) is 4.86. The van der Waals surface area contributed by atoms with E-state index in [2.05, 4.69) is 21.4 Å². The molecular weight excluding hydrogens is 270 g/mol. The van der Waals surface area contributed by atoms with Gasteiger partial charge in [-0.3, -0.25) is 0 Å². The van der Waals surface area contributed by atoms with Crippen molar-refractivity contribution in [3.8, 4) is 0 Å². The lowest BCUT2D eigenvalue weighted by Crippen LogP contribution is -2.19. The molecule has 0 radical (unpaired) electrons. The monoisotopic (exact) mass is 295 g/mol. The van der Waals surface area contributed by atoms with E-state index in [-0.39, 0.29) is 0 Å². The number of nitrogens with zero attached hydrogens (tertiary/aromatic N) is 2. The van der Waals surface area contributed by atoms with Crippen LogP contribution in [0.15, 0.2) is 6.07 Å². The summed E-state index contributed by atoms with van der Waals surface area (Å²) in [6, 6.07) is 2.06. The molecule has 1 fully saturated rings. The molecule has 0 aliphatic heterocycles. The third-order valence-electron chi connectivity index (χ3n) is 3.49. The predicted molar refractivity (Wildman–Crippen MR) is 83.9 cm³/mol. The van der Waals surface area contributed by atoms with Crippen LogP contribution in [-0.2, 0) is 17.0 Å². The summed E-state index contributed by atoms with van der Waals surface area (Å²) < 4.78 is 5.02. The van der Waals surface area contributed by atoms with Gasteiger partial charge in [-0.1, -0.05) is 12.8 Å². The van der Waals surface area contributed by atoms with Gasteiger partial charge in [0.2, 0.25) is 0 Å². The fourth-order valence-electron chi connectivity index (χ4n) is 2.49. The summed E-state index contributed by atoms with van der Waals surface area (Å²) in [5.41, 5.74) is 2.14. The van der Waals surface area contributed by atoms with E-state index < -0.39 is 0 Å². The number of ether oxygens (including phenoxy) is 1. The Hall–Kier alpha value is -0.650. The first-order chi connectivity index (χ1) is 9.78. The van der Waals surface area contributed by atoms with E-state index in [4.69, 9.17) is 4.74 Å². The molecule has 112 valence electrons. The molecule has 0 atom stereocenters. The first-order valence-electron chi connectivity index (χ1n) is 7.42. The van der Waals surface area contributed by atoms with Gasteiger partial charge in [-0.2, -0.15) is 11.8 Å². The zero-order valence-electron chi connectivity index (χ0n) is 12.5. The van der Waals surface area contributed by atoms with Gasteiger partial charge < -0.3 is 10.1 Å². The average Bonchev–Trinajstić information content (AvgIpc) is 2.94. The SMILES string of the molecule is COCCNCc1cc(C)nc(CSC2CCCC2)n1. The molecule has 0 unspecified atom stereocenters. The van der Waals surface area contributed by atoms with Crippen LogP contribution in [0.1, 0.15) is 42.9 Å². The number of hydrogen-bond acceptors (Lipinski definition) is 5. The number of nitrogens with one attached hydrogen (secondary N) is 1. The summed E-state index contributed by atoms with van der Waals surface area (Å²) >= 11 is 2.02. The highest BCUT2D eigenvalue weighted by atomic mass is 32.2. The second-order valence-corrected chi connectivity index (χ2v) is 6.59. The van der Waals surface area contributed by atoms with Crippen molar-refractivity contribution in [1.29, 1.82) is 0 Å². The van der Waals surface area contributed by atoms with E-state index in [0.717, 1.165) is 47.9 Å². The van der Waals surface area contributed by atoms with Gasteiger partial charge in [0.1, 0.15) is 5.82 Å². The summed E-state index contributed by atoms with van der Waals surface area (Å²) in [5, 5.41) is 4.15. The average molecular weight is 295 g/mol. The van der Waals surface area contributed by atoms with Crippen LogP contribution in [0.3, 0.4) is 0 Å². The Morgan fingerprint density at radius 3 is 2.90 bits per heavy atom. The van der Waals surface area contributed by atoms with Crippen LogP contribution in [-0.4, -0.2) is 35.5 Å².